The highest BCUT2D eigenvalue weighted by Gasteiger charge is 2.20. The molecule has 0 aromatic heterocycles. The fourth-order valence-corrected chi connectivity index (χ4v) is 2.44. The minimum atomic E-state index is 0.511. The van der Waals surface area contributed by atoms with E-state index in [1.165, 1.54) is 25.7 Å². The summed E-state index contributed by atoms with van der Waals surface area (Å²) in [7, 11) is 0. The molecule has 0 spiro atoms. The Morgan fingerprint density at radius 2 is 2.07 bits per heavy atom. The molecule has 0 bridgehead atoms. The van der Waals surface area contributed by atoms with Gasteiger partial charge >= 0.3 is 0 Å². The van der Waals surface area contributed by atoms with Crippen molar-refractivity contribution in [1.29, 1.82) is 0 Å². The van der Waals surface area contributed by atoms with E-state index < -0.39 is 0 Å². The van der Waals surface area contributed by atoms with Crippen LogP contribution in [0.1, 0.15) is 53.4 Å². The molecule has 1 heterocycles. The van der Waals surface area contributed by atoms with E-state index in [9.17, 15) is 0 Å². The standard InChI is InChI=1S/C13H27NO/c1-5-13(10(2)3)14-11(4)9-12-7-6-8-15-12/h10-14H,5-9H2,1-4H3. The van der Waals surface area contributed by atoms with Gasteiger partial charge in [-0.3, -0.25) is 0 Å². The molecule has 0 amide bonds. The van der Waals surface area contributed by atoms with E-state index >= 15 is 0 Å². The van der Waals surface area contributed by atoms with Gasteiger partial charge in [-0.2, -0.15) is 0 Å². The summed E-state index contributed by atoms with van der Waals surface area (Å²) in [5.41, 5.74) is 0. The second-order valence-corrected chi connectivity index (χ2v) is 5.20. The highest BCUT2D eigenvalue weighted by molar-refractivity contribution is 4.77. The maximum Gasteiger partial charge on any atom is 0.0590 e. The van der Waals surface area contributed by atoms with Gasteiger partial charge in [0.2, 0.25) is 0 Å². The first-order valence-electron chi connectivity index (χ1n) is 6.51. The van der Waals surface area contributed by atoms with Crippen molar-refractivity contribution in [2.24, 2.45) is 5.92 Å². The van der Waals surface area contributed by atoms with Crippen LogP contribution in [0.4, 0.5) is 0 Å². The van der Waals surface area contributed by atoms with Crippen LogP contribution in [-0.4, -0.2) is 24.8 Å². The molecule has 15 heavy (non-hydrogen) atoms. The van der Waals surface area contributed by atoms with Crippen LogP contribution in [0.5, 0.6) is 0 Å². The molecule has 0 aromatic carbocycles. The predicted molar refractivity (Wildman–Crippen MR) is 65.1 cm³/mol. The Labute approximate surface area is 94.8 Å². The normalized spacial score (nSPS) is 25.8. The summed E-state index contributed by atoms with van der Waals surface area (Å²) in [5, 5.41) is 3.71. The van der Waals surface area contributed by atoms with Crippen molar-refractivity contribution in [3.05, 3.63) is 0 Å². The summed E-state index contributed by atoms with van der Waals surface area (Å²) in [6, 6.07) is 1.24. The SMILES string of the molecule is CCC(NC(C)CC1CCCO1)C(C)C. The molecule has 1 aliphatic rings. The fourth-order valence-electron chi connectivity index (χ4n) is 2.44. The van der Waals surface area contributed by atoms with Crippen LogP contribution in [-0.2, 0) is 4.74 Å². The first kappa shape index (κ1) is 13.0. The molecule has 2 nitrogen and oxygen atoms in total. The maximum atomic E-state index is 5.66. The van der Waals surface area contributed by atoms with Gasteiger partial charge in [0.05, 0.1) is 6.10 Å². The second kappa shape index (κ2) is 6.49. The molecule has 0 saturated carbocycles. The molecule has 90 valence electrons. The monoisotopic (exact) mass is 213 g/mol. The molecule has 0 aliphatic carbocycles. The lowest BCUT2D eigenvalue weighted by Crippen LogP contribution is -2.41. The zero-order chi connectivity index (χ0) is 11.3. The van der Waals surface area contributed by atoms with Gasteiger partial charge in [-0.15, -0.1) is 0 Å². The Kier molecular flexibility index (Phi) is 5.62. The van der Waals surface area contributed by atoms with Gasteiger partial charge in [-0.25, -0.2) is 0 Å². The van der Waals surface area contributed by atoms with Gasteiger partial charge in [-0.1, -0.05) is 20.8 Å². The van der Waals surface area contributed by atoms with Crippen LogP contribution in [0.3, 0.4) is 0 Å². The Hall–Kier alpha value is -0.0800. The van der Waals surface area contributed by atoms with Gasteiger partial charge in [0.15, 0.2) is 0 Å². The summed E-state index contributed by atoms with van der Waals surface area (Å²) in [5.74, 6) is 0.724. The van der Waals surface area contributed by atoms with Crippen LogP contribution < -0.4 is 5.32 Å². The van der Waals surface area contributed by atoms with Crippen LogP contribution >= 0.6 is 0 Å². The average Bonchev–Trinajstić information content (AvgIpc) is 2.66. The highest BCUT2D eigenvalue weighted by Crippen LogP contribution is 2.17. The van der Waals surface area contributed by atoms with Crippen molar-refractivity contribution in [2.75, 3.05) is 6.61 Å². The van der Waals surface area contributed by atoms with E-state index in [-0.39, 0.29) is 0 Å². The van der Waals surface area contributed by atoms with E-state index in [2.05, 4.69) is 33.0 Å². The summed E-state index contributed by atoms with van der Waals surface area (Å²) in [6.07, 6.45) is 5.40. The van der Waals surface area contributed by atoms with Gasteiger partial charge < -0.3 is 10.1 Å². The molecule has 2 heteroatoms. The average molecular weight is 213 g/mol. The minimum absolute atomic E-state index is 0.511. The van der Waals surface area contributed by atoms with E-state index in [0.29, 0.717) is 18.2 Å². The Balaban J connectivity index is 2.23. The third kappa shape index (κ3) is 4.52. The minimum Gasteiger partial charge on any atom is -0.378 e. The zero-order valence-electron chi connectivity index (χ0n) is 10.8. The number of rotatable bonds is 6. The summed E-state index contributed by atoms with van der Waals surface area (Å²) in [4.78, 5) is 0. The molecule has 1 saturated heterocycles. The van der Waals surface area contributed by atoms with Crippen molar-refractivity contribution in [2.45, 2.75) is 71.6 Å². The van der Waals surface area contributed by atoms with Crippen LogP contribution in [0.2, 0.25) is 0 Å². The Morgan fingerprint density at radius 1 is 1.33 bits per heavy atom. The van der Waals surface area contributed by atoms with Crippen molar-refractivity contribution in [3.63, 3.8) is 0 Å². The van der Waals surface area contributed by atoms with Gasteiger partial charge in [0, 0.05) is 18.7 Å². The molecule has 0 radical (unpaired) electrons. The van der Waals surface area contributed by atoms with Crippen LogP contribution in [0.15, 0.2) is 0 Å². The number of ether oxygens (including phenoxy) is 1. The molecule has 3 unspecified atom stereocenters. The molecule has 3 atom stereocenters. The lowest BCUT2D eigenvalue weighted by atomic mass is 9.99. The maximum absolute atomic E-state index is 5.66. The van der Waals surface area contributed by atoms with E-state index in [1.54, 1.807) is 0 Å². The van der Waals surface area contributed by atoms with Crippen molar-refractivity contribution in [1.82, 2.24) is 5.32 Å². The van der Waals surface area contributed by atoms with E-state index in [1.807, 2.05) is 0 Å². The Morgan fingerprint density at radius 3 is 2.53 bits per heavy atom. The Bertz CT molecular complexity index is 164. The van der Waals surface area contributed by atoms with Crippen molar-refractivity contribution >= 4 is 0 Å². The van der Waals surface area contributed by atoms with Gasteiger partial charge in [0.25, 0.3) is 0 Å². The molecule has 1 fully saturated rings. The molecular weight excluding hydrogens is 186 g/mol. The van der Waals surface area contributed by atoms with E-state index in [0.717, 1.165) is 12.5 Å². The van der Waals surface area contributed by atoms with Crippen molar-refractivity contribution in [3.8, 4) is 0 Å². The molecule has 1 rings (SSSR count). The largest absolute Gasteiger partial charge is 0.378 e. The van der Waals surface area contributed by atoms with Crippen molar-refractivity contribution < 1.29 is 4.74 Å². The zero-order valence-corrected chi connectivity index (χ0v) is 10.8. The fraction of sp³-hybridized carbons (Fsp3) is 1.00. The third-order valence-corrected chi connectivity index (χ3v) is 3.38. The van der Waals surface area contributed by atoms with Crippen LogP contribution in [0.25, 0.3) is 0 Å². The number of nitrogens with one attached hydrogen (secondary N) is 1. The molecule has 1 N–H and O–H groups in total. The van der Waals surface area contributed by atoms with Gasteiger partial charge in [-0.05, 0) is 38.5 Å². The molecule has 0 aromatic rings. The number of hydrogen-bond acceptors (Lipinski definition) is 2. The third-order valence-electron chi connectivity index (χ3n) is 3.38. The van der Waals surface area contributed by atoms with Gasteiger partial charge in [0.1, 0.15) is 0 Å². The summed E-state index contributed by atoms with van der Waals surface area (Å²) in [6.45, 7) is 10.1. The quantitative estimate of drug-likeness (QED) is 0.732. The smallest absolute Gasteiger partial charge is 0.0590 e. The summed E-state index contributed by atoms with van der Waals surface area (Å²) >= 11 is 0. The molecule has 1 aliphatic heterocycles. The molecular formula is C13H27NO. The topological polar surface area (TPSA) is 21.3 Å². The second-order valence-electron chi connectivity index (χ2n) is 5.20. The van der Waals surface area contributed by atoms with Crippen LogP contribution in [0, 0.1) is 5.92 Å². The predicted octanol–water partition coefficient (Wildman–Crippen LogP) is 2.97. The first-order chi connectivity index (χ1) is 7.13. The number of hydrogen-bond donors (Lipinski definition) is 1. The van der Waals surface area contributed by atoms with E-state index in [4.69, 9.17) is 4.74 Å². The highest BCUT2D eigenvalue weighted by atomic mass is 16.5. The lowest BCUT2D eigenvalue weighted by Gasteiger charge is -2.26. The first-order valence-corrected chi connectivity index (χ1v) is 6.51. The summed E-state index contributed by atoms with van der Waals surface area (Å²) < 4.78 is 5.66. The lowest BCUT2D eigenvalue weighted by molar-refractivity contribution is 0.0939.